The lowest BCUT2D eigenvalue weighted by molar-refractivity contribution is 0.542. The summed E-state index contributed by atoms with van der Waals surface area (Å²) in [6.45, 7) is 6.05. The largest absolute Gasteiger partial charge is 0.382 e. The summed E-state index contributed by atoms with van der Waals surface area (Å²) in [7, 11) is -3.71. The van der Waals surface area contributed by atoms with Gasteiger partial charge in [-0.1, -0.05) is 26.0 Å². The number of nitrogens with two attached hydrogens (primary N) is 2. The van der Waals surface area contributed by atoms with E-state index in [4.69, 9.17) is 10.9 Å². The van der Waals surface area contributed by atoms with Crippen molar-refractivity contribution < 1.29 is 12.8 Å². The second kappa shape index (κ2) is 8.65. The van der Waals surface area contributed by atoms with Crippen LogP contribution in [0.15, 0.2) is 12.1 Å². The van der Waals surface area contributed by atoms with Crippen LogP contribution in [0.1, 0.15) is 48.3 Å². The van der Waals surface area contributed by atoms with Gasteiger partial charge in [0.05, 0.1) is 5.75 Å². The van der Waals surface area contributed by atoms with E-state index < -0.39 is 16.1 Å². The minimum Gasteiger partial charge on any atom is -0.382 e. The lowest BCUT2D eigenvalue weighted by Crippen LogP contribution is -2.21. The van der Waals surface area contributed by atoms with Crippen LogP contribution in [0.25, 0.3) is 11.2 Å². The van der Waals surface area contributed by atoms with Crippen LogP contribution in [-0.2, 0) is 35.8 Å². The maximum absolute atomic E-state index is 13.7. The number of rotatable bonds is 5. The first kappa shape index (κ1) is 22.1. The van der Waals surface area contributed by atoms with Gasteiger partial charge in [-0.25, -0.2) is 18.5 Å². The maximum Gasteiger partial charge on any atom is 0.312 e. The van der Waals surface area contributed by atoms with Crippen LogP contribution < -0.4 is 10.9 Å². The van der Waals surface area contributed by atoms with E-state index in [0.29, 0.717) is 12.2 Å². The van der Waals surface area contributed by atoms with Crippen molar-refractivity contribution in [1.82, 2.24) is 19.5 Å². The molecule has 0 saturated carbocycles. The molecule has 0 fully saturated rings. The molecule has 0 bridgehead atoms. The summed E-state index contributed by atoms with van der Waals surface area (Å²) in [5.41, 5.74) is 11.2. The zero-order valence-electron chi connectivity index (χ0n) is 17.4. The first-order valence-electron chi connectivity index (χ1n) is 10.0. The Balaban J connectivity index is 0.00000124. The number of sulfonamides is 1. The highest BCUT2D eigenvalue weighted by Crippen LogP contribution is 2.28. The number of hydrogen-bond donors (Lipinski definition) is 2. The predicted molar refractivity (Wildman–Crippen MR) is 115 cm³/mol. The Hall–Kier alpha value is -2.59. The first-order valence-corrected chi connectivity index (χ1v) is 11.7. The number of aromatic nitrogens is 4. The molecule has 0 saturated heterocycles. The van der Waals surface area contributed by atoms with Crippen molar-refractivity contribution in [3.8, 4) is 0 Å². The Morgan fingerprint density at radius 3 is 2.47 bits per heavy atom. The van der Waals surface area contributed by atoms with Crippen LogP contribution in [0.5, 0.6) is 0 Å². The fraction of sp³-hybridized carbons (Fsp3) is 0.450. The van der Waals surface area contributed by atoms with E-state index in [2.05, 4.69) is 27.1 Å². The van der Waals surface area contributed by atoms with Gasteiger partial charge < -0.3 is 10.3 Å². The van der Waals surface area contributed by atoms with E-state index in [1.807, 2.05) is 20.8 Å². The van der Waals surface area contributed by atoms with Crippen LogP contribution in [0.3, 0.4) is 0 Å². The van der Waals surface area contributed by atoms with Gasteiger partial charge in [-0.05, 0) is 48.4 Å². The number of aryl methyl sites for hydroxylation is 4. The Morgan fingerprint density at radius 1 is 1.13 bits per heavy atom. The average Bonchev–Trinajstić information content (AvgIpc) is 3.25. The summed E-state index contributed by atoms with van der Waals surface area (Å²) in [5.74, 6) is 0.148. The van der Waals surface area contributed by atoms with E-state index in [1.54, 1.807) is 4.57 Å². The van der Waals surface area contributed by atoms with Crippen LogP contribution >= 0.6 is 0 Å². The summed E-state index contributed by atoms with van der Waals surface area (Å²) in [4.78, 5) is 11.8. The van der Waals surface area contributed by atoms with Gasteiger partial charge >= 0.3 is 6.08 Å². The highest BCUT2D eigenvalue weighted by molar-refractivity contribution is 7.89. The summed E-state index contributed by atoms with van der Waals surface area (Å²) in [5, 5.41) is 5.15. The van der Waals surface area contributed by atoms with Gasteiger partial charge in [0, 0.05) is 13.0 Å². The molecule has 0 amide bonds. The second-order valence-corrected chi connectivity index (χ2v) is 8.91. The minimum absolute atomic E-state index is 0.00451. The molecule has 10 heteroatoms. The number of benzene rings is 1. The summed E-state index contributed by atoms with van der Waals surface area (Å²) in [6.07, 6.45) is 2.75. The minimum atomic E-state index is -3.71. The molecule has 0 spiro atoms. The number of halogens is 1. The third-order valence-corrected chi connectivity index (χ3v) is 5.92. The lowest BCUT2D eigenvalue weighted by atomic mass is 9.98. The summed E-state index contributed by atoms with van der Waals surface area (Å²) < 4.78 is 38.2. The number of primary sulfonamides is 1. The van der Waals surface area contributed by atoms with E-state index in [9.17, 15) is 12.8 Å². The molecule has 4 N–H and O–H groups in total. The highest BCUT2D eigenvalue weighted by Gasteiger charge is 2.20. The Labute approximate surface area is 175 Å². The number of nitrogens with zero attached hydrogens (tertiary/aromatic N) is 4. The van der Waals surface area contributed by atoms with Crippen LogP contribution in [0.2, 0.25) is 0 Å². The number of fused-ring (bicyclic) bond motifs is 2. The number of nitrogen functional groups attached to an aromatic ring is 1. The Bertz CT molecular complexity index is 1190. The van der Waals surface area contributed by atoms with Gasteiger partial charge in [-0.3, -0.25) is 0 Å². The van der Waals surface area contributed by atoms with Gasteiger partial charge in [0.2, 0.25) is 10.0 Å². The van der Waals surface area contributed by atoms with Gasteiger partial charge in [-0.2, -0.15) is 14.4 Å². The molecule has 162 valence electrons. The zero-order chi connectivity index (χ0) is 22.1. The number of anilines is 1. The van der Waals surface area contributed by atoms with Crippen molar-refractivity contribution in [3.05, 3.63) is 46.3 Å². The standard InChI is InChI=1S/C18H21FN6O2S.C2H6/c1-10-7-11-3-2-4-12(11)8-13(10)9-14-22-15-16(20)23-18(19)24-17(15)25(14)5-6-28(21,26)27;1-2/h7-8H,2-6,9H2,1H3,(H2,20,23,24)(H2,21,26,27);1-2H3. The molecule has 0 aliphatic heterocycles. The molecule has 2 aromatic heterocycles. The second-order valence-electron chi connectivity index (χ2n) is 7.17. The van der Waals surface area contributed by atoms with Crippen LogP contribution in [0, 0.1) is 13.0 Å². The summed E-state index contributed by atoms with van der Waals surface area (Å²) in [6, 6.07) is 4.37. The van der Waals surface area contributed by atoms with E-state index in [1.165, 1.54) is 11.1 Å². The molecule has 0 radical (unpaired) electrons. The lowest BCUT2D eigenvalue weighted by Gasteiger charge is -2.11. The van der Waals surface area contributed by atoms with Crippen molar-refractivity contribution in [2.75, 3.05) is 11.5 Å². The fourth-order valence-electron chi connectivity index (χ4n) is 3.79. The van der Waals surface area contributed by atoms with Crippen molar-refractivity contribution >= 4 is 27.0 Å². The molecule has 1 aliphatic carbocycles. The van der Waals surface area contributed by atoms with Crippen molar-refractivity contribution in [2.45, 2.75) is 53.0 Å². The number of imidazole rings is 1. The topological polar surface area (TPSA) is 130 Å². The predicted octanol–water partition coefficient (Wildman–Crippen LogP) is 2.25. The van der Waals surface area contributed by atoms with Gasteiger partial charge in [0.15, 0.2) is 17.0 Å². The third-order valence-electron chi connectivity index (χ3n) is 5.17. The SMILES string of the molecule is CC.Cc1cc2c(cc1Cc1nc3c(N)nc(F)nc3n1CCS(N)(=O)=O)CCC2. The normalized spacial score (nSPS) is 13.2. The van der Waals surface area contributed by atoms with Gasteiger partial charge in [0.1, 0.15) is 5.82 Å². The van der Waals surface area contributed by atoms with Crippen LogP contribution in [-0.4, -0.2) is 33.7 Å². The molecular formula is C20H27FN6O2S. The van der Waals surface area contributed by atoms with E-state index in [0.717, 1.165) is 30.4 Å². The fourth-order valence-corrected chi connectivity index (χ4v) is 4.22. The van der Waals surface area contributed by atoms with E-state index >= 15 is 0 Å². The zero-order valence-corrected chi connectivity index (χ0v) is 18.3. The molecule has 0 atom stereocenters. The maximum atomic E-state index is 13.7. The monoisotopic (exact) mass is 434 g/mol. The van der Waals surface area contributed by atoms with Gasteiger partial charge in [0.25, 0.3) is 0 Å². The molecule has 1 aromatic carbocycles. The quantitative estimate of drug-likeness (QED) is 0.593. The molecule has 3 aromatic rings. The van der Waals surface area contributed by atoms with Crippen molar-refractivity contribution in [1.29, 1.82) is 0 Å². The van der Waals surface area contributed by atoms with Gasteiger partial charge in [-0.15, -0.1) is 0 Å². The Morgan fingerprint density at radius 2 is 1.80 bits per heavy atom. The molecule has 2 heterocycles. The number of hydrogen-bond acceptors (Lipinski definition) is 6. The smallest absolute Gasteiger partial charge is 0.312 e. The molecule has 8 nitrogen and oxygen atoms in total. The molecule has 0 unspecified atom stereocenters. The third kappa shape index (κ3) is 4.59. The molecule has 4 rings (SSSR count). The van der Waals surface area contributed by atoms with E-state index in [-0.39, 0.29) is 29.3 Å². The molecular weight excluding hydrogens is 407 g/mol. The van der Waals surface area contributed by atoms with Crippen molar-refractivity contribution in [3.63, 3.8) is 0 Å². The average molecular weight is 435 g/mol. The summed E-state index contributed by atoms with van der Waals surface area (Å²) >= 11 is 0. The highest BCUT2D eigenvalue weighted by atomic mass is 32.2. The Kier molecular flexibility index (Phi) is 6.37. The molecule has 30 heavy (non-hydrogen) atoms. The van der Waals surface area contributed by atoms with Crippen molar-refractivity contribution in [2.24, 2.45) is 5.14 Å². The van der Waals surface area contributed by atoms with Crippen LogP contribution in [0.4, 0.5) is 10.2 Å². The molecule has 1 aliphatic rings. The first-order chi connectivity index (χ1) is 14.2.